The molecular formula is C79H154O17P2. The third kappa shape index (κ3) is 71.1. The minimum absolute atomic E-state index is 0.105. The number of ether oxygens (including phenoxy) is 4. The molecule has 98 heavy (non-hydrogen) atoms. The Balaban J connectivity index is 5.25. The van der Waals surface area contributed by atoms with Crippen molar-refractivity contribution < 1.29 is 80.2 Å². The Bertz CT molecular complexity index is 1910. The molecule has 0 aromatic heterocycles. The van der Waals surface area contributed by atoms with E-state index in [4.69, 9.17) is 37.0 Å². The lowest BCUT2D eigenvalue weighted by Gasteiger charge is -2.21. The molecule has 0 aliphatic rings. The van der Waals surface area contributed by atoms with Crippen molar-refractivity contribution in [2.75, 3.05) is 39.6 Å². The zero-order valence-electron chi connectivity index (χ0n) is 64.3. The molecule has 582 valence electrons. The highest BCUT2D eigenvalue weighted by Gasteiger charge is 2.30. The lowest BCUT2D eigenvalue weighted by atomic mass is 9.99. The molecule has 3 N–H and O–H groups in total. The molecule has 0 spiro atoms. The van der Waals surface area contributed by atoms with E-state index < -0.39 is 97.5 Å². The van der Waals surface area contributed by atoms with Gasteiger partial charge in [-0.05, 0) is 43.4 Å². The van der Waals surface area contributed by atoms with Gasteiger partial charge in [-0.1, -0.05) is 357 Å². The second kappa shape index (κ2) is 69.4. The topological polar surface area (TPSA) is 237 Å². The second-order valence-corrected chi connectivity index (χ2v) is 32.6. The summed E-state index contributed by atoms with van der Waals surface area (Å²) < 4.78 is 68.6. The molecule has 0 bridgehead atoms. The summed E-state index contributed by atoms with van der Waals surface area (Å²) in [5.74, 6) is 0.175. The van der Waals surface area contributed by atoms with Crippen LogP contribution in [0.4, 0.5) is 0 Å². The standard InChI is InChI=1S/C79H154O17P2/c1-8-10-11-12-13-14-15-16-17-18-19-20-21-22-27-33-40-48-55-62-78(83)95-74(66-89-76(81)60-53-46-39-32-26-24-23-25-30-36-43-50-57-70(3)4)68-93-97(85,86)91-64-73(80)65-92-98(87,88)94-69-75(67-90-77(82)61-54-47-42-35-37-44-51-58-71(5)6)96-79(84)63-56-49-41-34-29-28-31-38-45-52-59-72(7)9-2/h70-75,80H,8-69H2,1-7H3,(H,85,86)(H,87,88)/t72?,73-,74-,75-/m1/s1. The van der Waals surface area contributed by atoms with Gasteiger partial charge < -0.3 is 33.8 Å². The van der Waals surface area contributed by atoms with E-state index in [1.165, 1.54) is 212 Å². The van der Waals surface area contributed by atoms with Crippen LogP contribution in [-0.2, 0) is 65.4 Å². The summed E-state index contributed by atoms with van der Waals surface area (Å²) in [5.41, 5.74) is 0. The van der Waals surface area contributed by atoms with Crippen molar-refractivity contribution in [1.82, 2.24) is 0 Å². The number of hydrogen-bond donors (Lipinski definition) is 3. The Kier molecular flexibility index (Phi) is 68.1. The van der Waals surface area contributed by atoms with Gasteiger partial charge in [-0.15, -0.1) is 0 Å². The van der Waals surface area contributed by atoms with Crippen LogP contribution in [0.3, 0.4) is 0 Å². The molecular weight excluding hydrogens is 1280 g/mol. The van der Waals surface area contributed by atoms with E-state index in [1.54, 1.807) is 0 Å². The minimum atomic E-state index is -4.96. The summed E-state index contributed by atoms with van der Waals surface area (Å²) in [7, 11) is -9.92. The lowest BCUT2D eigenvalue weighted by Crippen LogP contribution is -2.30. The van der Waals surface area contributed by atoms with E-state index in [-0.39, 0.29) is 25.7 Å². The molecule has 6 atom stereocenters. The molecule has 17 nitrogen and oxygen atoms in total. The second-order valence-electron chi connectivity index (χ2n) is 29.6. The molecule has 0 saturated heterocycles. The number of carbonyl (C=O) groups is 4. The highest BCUT2D eigenvalue weighted by Crippen LogP contribution is 2.45. The predicted molar refractivity (Wildman–Crippen MR) is 400 cm³/mol. The smallest absolute Gasteiger partial charge is 0.462 e. The number of aliphatic hydroxyl groups is 1. The molecule has 0 aliphatic carbocycles. The van der Waals surface area contributed by atoms with Crippen molar-refractivity contribution in [3.63, 3.8) is 0 Å². The van der Waals surface area contributed by atoms with Gasteiger partial charge in [0.15, 0.2) is 12.2 Å². The molecule has 0 aliphatic heterocycles. The summed E-state index contributed by atoms with van der Waals surface area (Å²) in [6.07, 6.45) is 56.9. The van der Waals surface area contributed by atoms with E-state index >= 15 is 0 Å². The zero-order valence-corrected chi connectivity index (χ0v) is 66.0. The summed E-state index contributed by atoms with van der Waals surface area (Å²) in [6, 6.07) is 0. The van der Waals surface area contributed by atoms with Crippen LogP contribution in [0.2, 0.25) is 0 Å². The van der Waals surface area contributed by atoms with Crippen LogP contribution in [0.1, 0.15) is 408 Å². The van der Waals surface area contributed by atoms with Gasteiger partial charge >= 0.3 is 39.5 Å². The van der Waals surface area contributed by atoms with E-state index in [0.717, 1.165) is 108 Å². The van der Waals surface area contributed by atoms with Gasteiger partial charge in [-0.25, -0.2) is 9.13 Å². The predicted octanol–water partition coefficient (Wildman–Crippen LogP) is 23.4. The first-order chi connectivity index (χ1) is 47.3. The fourth-order valence-electron chi connectivity index (χ4n) is 12.1. The average Bonchev–Trinajstić information content (AvgIpc) is 1.04. The van der Waals surface area contributed by atoms with Crippen molar-refractivity contribution in [3.8, 4) is 0 Å². The van der Waals surface area contributed by atoms with Crippen molar-refractivity contribution in [1.29, 1.82) is 0 Å². The molecule has 19 heteroatoms. The third-order valence-electron chi connectivity index (χ3n) is 18.7. The highest BCUT2D eigenvalue weighted by atomic mass is 31.2. The number of hydrogen-bond acceptors (Lipinski definition) is 15. The van der Waals surface area contributed by atoms with Gasteiger partial charge in [-0.2, -0.15) is 0 Å². The molecule has 0 fully saturated rings. The van der Waals surface area contributed by atoms with Crippen LogP contribution < -0.4 is 0 Å². The summed E-state index contributed by atoms with van der Waals surface area (Å²) >= 11 is 0. The maximum atomic E-state index is 13.1. The Morgan fingerprint density at radius 2 is 0.520 bits per heavy atom. The Morgan fingerprint density at radius 1 is 0.296 bits per heavy atom. The number of unbranched alkanes of at least 4 members (excludes halogenated alkanes) is 44. The molecule has 0 amide bonds. The zero-order chi connectivity index (χ0) is 72.3. The van der Waals surface area contributed by atoms with Crippen LogP contribution >= 0.6 is 15.6 Å². The van der Waals surface area contributed by atoms with E-state index in [0.29, 0.717) is 31.6 Å². The molecule has 0 radical (unpaired) electrons. The first-order valence-electron chi connectivity index (χ1n) is 40.9. The normalized spacial score (nSPS) is 14.3. The van der Waals surface area contributed by atoms with Crippen LogP contribution in [0.25, 0.3) is 0 Å². The number of aliphatic hydroxyl groups excluding tert-OH is 1. The quantitative estimate of drug-likeness (QED) is 0.0222. The Hall–Kier alpha value is -1.94. The van der Waals surface area contributed by atoms with Crippen molar-refractivity contribution >= 4 is 39.5 Å². The molecule has 0 saturated carbocycles. The van der Waals surface area contributed by atoms with Crippen molar-refractivity contribution in [3.05, 3.63) is 0 Å². The average molecular weight is 1440 g/mol. The van der Waals surface area contributed by atoms with E-state index in [9.17, 15) is 43.2 Å². The van der Waals surface area contributed by atoms with Gasteiger partial charge in [0.2, 0.25) is 0 Å². The summed E-state index contributed by atoms with van der Waals surface area (Å²) in [6.45, 7) is 11.9. The molecule has 3 unspecified atom stereocenters. The summed E-state index contributed by atoms with van der Waals surface area (Å²) in [4.78, 5) is 72.9. The monoisotopic (exact) mass is 1440 g/mol. The van der Waals surface area contributed by atoms with Crippen molar-refractivity contribution in [2.45, 2.75) is 426 Å². The minimum Gasteiger partial charge on any atom is -0.462 e. The molecule has 0 aromatic carbocycles. The largest absolute Gasteiger partial charge is 0.472 e. The molecule has 0 aromatic rings. The van der Waals surface area contributed by atoms with Gasteiger partial charge in [0.25, 0.3) is 0 Å². The van der Waals surface area contributed by atoms with Crippen LogP contribution in [0, 0.1) is 17.8 Å². The third-order valence-corrected chi connectivity index (χ3v) is 20.6. The fraction of sp³-hybridized carbons (Fsp3) is 0.949. The highest BCUT2D eigenvalue weighted by molar-refractivity contribution is 7.47. The maximum Gasteiger partial charge on any atom is 0.472 e. The number of carbonyl (C=O) groups excluding carboxylic acids is 4. The number of phosphoric ester groups is 2. The Morgan fingerprint density at radius 3 is 0.776 bits per heavy atom. The van der Waals surface area contributed by atoms with E-state index in [2.05, 4.69) is 48.5 Å². The van der Waals surface area contributed by atoms with Gasteiger partial charge in [-0.3, -0.25) is 37.3 Å². The Labute approximate surface area is 600 Å². The number of phosphoric acid groups is 2. The van der Waals surface area contributed by atoms with E-state index in [1.807, 2.05) is 0 Å². The number of esters is 4. The fourth-order valence-corrected chi connectivity index (χ4v) is 13.7. The van der Waals surface area contributed by atoms with Crippen molar-refractivity contribution in [2.24, 2.45) is 17.8 Å². The molecule has 0 heterocycles. The lowest BCUT2D eigenvalue weighted by molar-refractivity contribution is -0.161. The van der Waals surface area contributed by atoms with Gasteiger partial charge in [0, 0.05) is 25.7 Å². The molecule has 0 rings (SSSR count). The van der Waals surface area contributed by atoms with Gasteiger partial charge in [0.05, 0.1) is 26.4 Å². The number of rotatable bonds is 77. The maximum absolute atomic E-state index is 13.1. The van der Waals surface area contributed by atoms with Gasteiger partial charge in [0.1, 0.15) is 19.3 Å². The van der Waals surface area contributed by atoms with Crippen LogP contribution in [-0.4, -0.2) is 96.7 Å². The first kappa shape index (κ1) is 96.1. The van der Waals surface area contributed by atoms with Crippen LogP contribution in [0.5, 0.6) is 0 Å². The van der Waals surface area contributed by atoms with Crippen LogP contribution in [0.15, 0.2) is 0 Å². The SMILES string of the molecule is CCCCCCCCCCCCCCCCCCCCCC(=O)O[C@H](COC(=O)CCCCCCCCCCCCCCC(C)C)COP(=O)(O)OC[C@@H](O)COP(=O)(O)OC[C@@H](COC(=O)CCCCCCCCCC(C)C)OC(=O)CCCCCCCCCCCCC(C)CC. The summed E-state index contributed by atoms with van der Waals surface area (Å²) in [5, 5.41) is 10.6. The first-order valence-corrected chi connectivity index (χ1v) is 43.9.